The van der Waals surface area contributed by atoms with Crippen molar-refractivity contribution in [3.63, 3.8) is 0 Å². The minimum atomic E-state index is -1.04. The van der Waals surface area contributed by atoms with E-state index in [1.165, 1.54) is 11.1 Å². The number of carboxylic acids is 1. The minimum absolute atomic E-state index is 0.129. The SMILES string of the molecule is Cc1[nH]c(C(=O)NC2CCN(c3ncc(C(=O)O)s3)CC2C(=O)N(C)C)c(Cl)c1Cl. The molecule has 2 unspecified atom stereocenters. The summed E-state index contributed by atoms with van der Waals surface area (Å²) in [5, 5.41) is 13.0. The fraction of sp³-hybridized carbons (Fsp3) is 0.444. The van der Waals surface area contributed by atoms with E-state index in [0.717, 1.165) is 11.3 Å². The van der Waals surface area contributed by atoms with Gasteiger partial charge in [-0.1, -0.05) is 34.5 Å². The highest BCUT2D eigenvalue weighted by Gasteiger charge is 2.37. The van der Waals surface area contributed by atoms with Crippen molar-refractivity contribution in [2.24, 2.45) is 5.92 Å². The van der Waals surface area contributed by atoms with Crippen LogP contribution in [0.1, 0.15) is 32.3 Å². The molecule has 2 amide bonds. The number of piperidine rings is 1. The van der Waals surface area contributed by atoms with Crippen LogP contribution in [0.4, 0.5) is 5.13 Å². The number of carbonyl (C=O) groups excluding carboxylic acids is 2. The topological polar surface area (TPSA) is 119 Å². The molecule has 2 aromatic rings. The van der Waals surface area contributed by atoms with Crippen molar-refractivity contribution in [3.8, 4) is 0 Å². The number of aryl methyl sites for hydroxylation is 1. The summed E-state index contributed by atoms with van der Waals surface area (Å²) in [5.41, 5.74) is 0.740. The predicted molar refractivity (Wildman–Crippen MR) is 115 cm³/mol. The van der Waals surface area contributed by atoms with Gasteiger partial charge in [0.05, 0.1) is 22.2 Å². The van der Waals surface area contributed by atoms with Crippen LogP contribution in [0, 0.1) is 12.8 Å². The zero-order valence-corrected chi connectivity index (χ0v) is 18.9. The van der Waals surface area contributed by atoms with Crippen molar-refractivity contribution >= 4 is 57.5 Å². The number of halogens is 2. The second kappa shape index (κ2) is 8.83. The molecule has 1 saturated heterocycles. The van der Waals surface area contributed by atoms with Crippen molar-refractivity contribution in [1.82, 2.24) is 20.2 Å². The summed E-state index contributed by atoms with van der Waals surface area (Å²) in [6, 6.07) is -0.430. The number of carbonyl (C=O) groups is 3. The van der Waals surface area contributed by atoms with Gasteiger partial charge in [-0.25, -0.2) is 9.78 Å². The van der Waals surface area contributed by atoms with Crippen LogP contribution < -0.4 is 10.2 Å². The van der Waals surface area contributed by atoms with E-state index >= 15 is 0 Å². The number of nitrogens with one attached hydrogen (secondary N) is 2. The van der Waals surface area contributed by atoms with Gasteiger partial charge in [0, 0.05) is 38.9 Å². The Morgan fingerprint density at radius 1 is 1.33 bits per heavy atom. The largest absolute Gasteiger partial charge is 0.477 e. The number of aromatic carboxylic acids is 1. The van der Waals surface area contributed by atoms with Crippen molar-refractivity contribution in [3.05, 3.63) is 32.5 Å². The lowest BCUT2D eigenvalue weighted by Crippen LogP contribution is -2.55. The van der Waals surface area contributed by atoms with Crippen LogP contribution in [0.3, 0.4) is 0 Å². The average molecular weight is 474 g/mol. The first kappa shape index (κ1) is 22.4. The molecular formula is C18H21Cl2N5O4S. The van der Waals surface area contributed by atoms with E-state index in [-0.39, 0.29) is 26.5 Å². The van der Waals surface area contributed by atoms with Gasteiger partial charge in [-0.3, -0.25) is 9.59 Å². The van der Waals surface area contributed by atoms with Gasteiger partial charge in [-0.05, 0) is 13.3 Å². The smallest absolute Gasteiger partial charge is 0.347 e. The second-order valence-corrected chi connectivity index (χ2v) is 8.98. The lowest BCUT2D eigenvalue weighted by atomic mass is 9.91. The molecule has 30 heavy (non-hydrogen) atoms. The molecule has 3 rings (SSSR count). The van der Waals surface area contributed by atoms with Gasteiger partial charge in [-0.15, -0.1) is 0 Å². The van der Waals surface area contributed by atoms with Crippen LogP contribution in [0.2, 0.25) is 10.0 Å². The Bertz CT molecular complexity index is 989. The van der Waals surface area contributed by atoms with E-state index < -0.39 is 23.8 Å². The Kier molecular flexibility index (Phi) is 6.59. The van der Waals surface area contributed by atoms with Gasteiger partial charge in [0.1, 0.15) is 10.6 Å². The number of anilines is 1. The van der Waals surface area contributed by atoms with Crippen molar-refractivity contribution in [2.45, 2.75) is 19.4 Å². The van der Waals surface area contributed by atoms with Crippen LogP contribution in [-0.4, -0.2) is 71.0 Å². The normalized spacial score (nSPS) is 18.9. The quantitative estimate of drug-likeness (QED) is 0.613. The number of aromatic nitrogens is 2. The molecular weight excluding hydrogens is 453 g/mol. The minimum Gasteiger partial charge on any atom is -0.477 e. The summed E-state index contributed by atoms with van der Waals surface area (Å²) < 4.78 is 0. The third kappa shape index (κ3) is 4.40. The highest BCUT2D eigenvalue weighted by Crippen LogP contribution is 2.31. The van der Waals surface area contributed by atoms with Gasteiger partial charge >= 0.3 is 5.97 Å². The Morgan fingerprint density at radius 3 is 2.57 bits per heavy atom. The van der Waals surface area contributed by atoms with Crippen LogP contribution in [0.25, 0.3) is 0 Å². The first-order valence-electron chi connectivity index (χ1n) is 9.09. The Balaban J connectivity index is 1.80. The predicted octanol–water partition coefficient (Wildman–Crippen LogP) is 2.50. The first-order valence-corrected chi connectivity index (χ1v) is 10.7. The molecule has 2 aromatic heterocycles. The lowest BCUT2D eigenvalue weighted by Gasteiger charge is -2.38. The Morgan fingerprint density at radius 2 is 2.03 bits per heavy atom. The molecule has 0 spiro atoms. The van der Waals surface area contributed by atoms with E-state index in [1.807, 2.05) is 4.90 Å². The molecule has 0 aromatic carbocycles. The zero-order chi connectivity index (χ0) is 22.2. The Hall–Kier alpha value is -2.30. The highest BCUT2D eigenvalue weighted by atomic mass is 35.5. The van der Waals surface area contributed by atoms with Gasteiger partial charge in [0.25, 0.3) is 5.91 Å². The third-order valence-electron chi connectivity index (χ3n) is 4.94. The summed E-state index contributed by atoms with van der Waals surface area (Å²) in [6.07, 6.45) is 1.78. The fourth-order valence-electron chi connectivity index (χ4n) is 3.36. The molecule has 0 radical (unpaired) electrons. The summed E-state index contributed by atoms with van der Waals surface area (Å²) in [4.78, 5) is 47.2. The van der Waals surface area contributed by atoms with Gasteiger partial charge < -0.3 is 25.2 Å². The monoisotopic (exact) mass is 473 g/mol. The molecule has 3 N–H and O–H groups in total. The maximum atomic E-state index is 12.8. The number of nitrogens with zero attached hydrogens (tertiary/aromatic N) is 3. The highest BCUT2D eigenvalue weighted by molar-refractivity contribution is 7.17. The summed E-state index contributed by atoms with van der Waals surface area (Å²) in [6.45, 7) is 2.51. The van der Waals surface area contributed by atoms with Crippen molar-refractivity contribution < 1.29 is 19.5 Å². The molecule has 9 nitrogen and oxygen atoms in total. The molecule has 2 atom stereocenters. The number of amides is 2. The van der Waals surface area contributed by atoms with E-state index in [0.29, 0.717) is 30.3 Å². The molecule has 0 aliphatic carbocycles. The molecule has 3 heterocycles. The van der Waals surface area contributed by atoms with Gasteiger partial charge in [0.2, 0.25) is 5.91 Å². The fourth-order valence-corrected chi connectivity index (χ4v) is 4.57. The molecule has 0 bridgehead atoms. The summed E-state index contributed by atoms with van der Waals surface area (Å²) in [5.74, 6) is -2.17. The van der Waals surface area contributed by atoms with E-state index in [2.05, 4.69) is 15.3 Å². The van der Waals surface area contributed by atoms with Crippen LogP contribution in [-0.2, 0) is 4.79 Å². The number of aromatic amines is 1. The van der Waals surface area contributed by atoms with Gasteiger partial charge in [0.15, 0.2) is 5.13 Å². The van der Waals surface area contributed by atoms with Crippen LogP contribution in [0.5, 0.6) is 0 Å². The molecule has 12 heteroatoms. The van der Waals surface area contributed by atoms with Crippen LogP contribution in [0.15, 0.2) is 6.20 Å². The number of thiazole rings is 1. The number of carboxylic acid groups (broad SMARTS) is 1. The maximum absolute atomic E-state index is 12.8. The molecule has 1 aliphatic heterocycles. The lowest BCUT2D eigenvalue weighted by molar-refractivity contribution is -0.133. The number of hydrogen-bond acceptors (Lipinski definition) is 6. The number of H-pyrrole nitrogens is 1. The van der Waals surface area contributed by atoms with Crippen molar-refractivity contribution in [2.75, 3.05) is 32.1 Å². The Labute approximate surface area is 187 Å². The van der Waals surface area contributed by atoms with Gasteiger partial charge in [-0.2, -0.15) is 0 Å². The standard InChI is InChI=1S/C18H21Cl2N5O4S/c1-8-12(19)13(20)14(22-8)15(26)23-10-4-5-25(7-9(10)16(27)24(2)3)18-21-6-11(30-18)17(28)29/h6,9-10,22H,4-5,7H2,1-3H3,(H,23,26)(H,28,29). The van der Waals surface area contributed by atoms with E-state index in [1.54, 1.807) is 21.0 Å². The van der Waals surface area contributed by atoms with Crippen LogP contribution >= 0.6 is 34.5 Å². The van der Waals surface area contributed by atoms with E-state index in [4.69, 9.17) is 28.3 Å². The molecule has 0 saturated carbocycles. The summed E-state index contributed by atoms with van der Waals surface area (Å²) >= 11 is 13.3. The molecule has 162 valence electrons. The van der Waals surface area contributed by atoms with Crippen molar-refractivity contribution in [1.29, 1.82) is 0 Å². The van der Waals surface area contributed by atoms with E-state index in [9.17, 15) is 14.4 Å². The molecule has 1 fully saturated rings. The molecule has 1 aliphatic rings. The second-order valence-electron chi connectivity index (χ2n) is 7.22. The maximum Gasteiger partial charge on any atom is 0.347 e. The number of rotatable bonds is 5. The first-order chi connectivity index (χ1) is 14.1. The number of hydrogen-bond donors (Lipinski definition) is 3. The zero-order valence-electron chi connectivity index (χ0n) is 16.5. The third-order valence-corrected chi connectivity index (χ3v) is 6.94. The average Bonchev–Trinajstić information content (AvgIpc) is 3.29. The summed E-state index contributed by atoms with van der Waals surface area (Å²) in [7, 11) is 3.30.